The topological polar surface area (TPSA) is 125 Å². The van der Waals surface area contributed by atoms with Crippen LogP contribution in [-0.4, -0.2) is 33.2 Å². The van der Waals surface area contributed by atoms with Crippen molar-refractivity contribution in [2.24, 2.45) is 4.99 Å². The lowest BCUT2D eigenvalue weighted by Gasteiger charge is -2.14. The van der Waals surface area contributed by atoms with Crippen LogP contribution in [0.25, 0.3) is 28.0 Å². The summed E-state index contributed by atoms with van der Waals surface area (Å²) >= 11 is 1.23. The number of unbranched alkanes of at least 4 members (excludes halogenated alkanes) is 2. The smallest absolute Gasteiger partial charge is 0.310 e. The number of nitrogens with zero attached hydrogens (tertiary/aromatic N) is 1. The minimum atomic E-state index is -0.918. The Morgan fingerprint density at radius 1 is 0.800 bits per heavy atom. The maximum Gasteiger partial charge on any atom is 0.310 e. The van der Waals surface area contributed by atoms with Crippen LogP contribution in [0.3, 0.4) is 0 Å². The van der Waals surface area contributed by atoms with Crippen LogP contribution in [0, 0.1) is 0 Å². The molecule has 9 heteroatoms. The predicted molar refractivity (Wildman–Crippen MR) is 199 cm³/mol. The van der Waals surface area contributed by atoms with Gasteiger partial charge in [-0.15, -0.1) is 0 Å². The highest BCUT2D eigenvalue weighted by Gasteiger charge is 2.24. The lowest BCUT2D eigenvalue weighted by Crippen LogP contribution is -2.12. The van der Waals surface area contributed by atoms with Crippen molar-refractivity contribution in [3.8, 4) is 16.9 Å². The number of aliphatic carboxylic acids is 2. The number of anilines is 1. The molecule has 5 aromatic rings. The van der Waals surface area contributed by atoms with Crippen LogP contribution in [0.15, 0.2) is 125 Å². The number of carbonyl (C=O) groups is 3. The average molecular weight is 685 g/mol. The number of thioether (sulfide) groups is 1. The van der Waals surface area contributed by atoms with Gasteiger partial charge in [0.15, 0.2) is 5.17 Å². The number of hydrogen-bond acceptors (Lipinski definition) is 6. The van der Waals surface area contributed by atoms with E-state index >= 15 is 0 Å². The van der Waals surface area contributed by atoms with Gasteiger partial charge in [0.25, 0.3) is 5.91 Å². The van der Waals surface area contributed by atoms with E-state index < -0.39 is 17.9 Å². The van der Waals surface area contributed by atoms with Crippen molar-refractivity contribution in [2.75, 3.05) is 5.32 Å². The van der Waals surface area contributed by atoms with Crippen LogP contribution in [0.4, 0.5) is 5.69 Å². The van der Waals surface area contributed by atoms with Crippen LogP contribution in [0.1, 0.15) is 54.7 Å². The first-order valence-electron chi connectivity index (χ1n) is 16.5. The van der Waals surface area contributed by atoms with E-state index in [1.165, 1.54) is 11.8 Å². The van der Waals surface area contributed by atoms with Gasteiger partial charge in [0, 0.05) is 17.7 Å². The molecular formula is C41H36N2O6S. The summed E-state index contributed by atoms with van der Waals surface area (Å²) in [5.41, 5.74) is 5.41. The van der Waals surface area contributed by atoms with Gasteiger partial charge in [-0.25, -0.2) is 0 Å². The third kappa shape index (κ3) is 8.86. The SMILES string of the molecule is O=C(O)CCCCCC(C(=O)O)c1ccc(NC2=NC(=O)C(=Cc3cc4ccccc4cc3OCc3ccc(-c4ccccc4)cc3)S2)cc1. The summed E-state index contributed by atoms with van der Waals surface area (Å²) < 4.78 is 6.35. The number of fused-ring (bicyclic) bond motifs is 1. The summed E-state index contributed by atoms with van der Waals surface area (Å²) in [7, 11) is 0. The monoisotopic (exact) mass is 684 g/mol. The number of rotatable bonds is 14. The van der Waals surface area contributed by atoms with E-state index in [1.54, 1.807) is 24.3 Å². The van der Waals surface area contributed by atoms with E-state index in [-0.39, 0.29) is 12.3 Å². The van der Waals surface area contributed by atoms with Crippen LogP contribution in [-0.2, 0) is 21.0 Å². The molecule has 0 radical (unpaired) electrons. The number of benzene rings is 5. The Hall–Kier alpha value is -5.67. The summed E-state index contributed by atoms with van der Waals surface area (Å²) in [5, 5.41) is 24.2. The third-order valence-electron chi connectivity index (χ3n) is 8.49. The highest BCUT2D eigenvalue weighted by atomic mass is 32.2. The lowest BCUT2D eigenvalue weighted by molar-refractivity contribution is -0.139. The normalized spacial score (nSPS) is 14.0. The molecule has 6 rings (SSSR count). The van der Waals surface area contributed by atoms with Crippen molar-refractivity contribution in [3.05, 3.63) is 137 Å². The van der Waals surface area contributed by atoms with Gasteiger partial charge in [-0.3, -0.25) is 14.4 Å². The molecule has 0 spiro atoms. The standard InChI is InChI=1S/C41H36N2O6S/c44-38(45)14-6-2-5-13-35(40(47)48)30-19-21-34(22-20-30)42-41-43-39(46)37(50-41)25-33-23-31-11-7-8-12-32(31)24-36(33)49-26-27-15-17-29(18-16-27)28-9-3-1-4-10-28/h1,3-4,7-12,15-25,35H,2,5-6,13-14,26H2,(H,44,45)(H,47,48)(H,42,43,46). The molecule has 1 amide bonds. The van der Waals surface area contributed by atoms with Gasteiger partial charge in [-0.2, -0.15) is 4.99 Å². The van der Waals surface area contributed by atoms with Crippen LogP contribution in [0.5, 0.6) is 5.75 Å². The van der Waals surface area contributed by atoms with Crippen molar-refractivity contribution in [3.63, 3.8) is 0 Å². The van der Waals surface area contributed by atoms with E-state index in [9.17, 15) is 19.5 Å². The zero-order chi connectivity index (χ0) is 34.9. The molecule has 0 aromatic heterocycles. The molecule has 0 saturated heterocycles. The average Bonchev–Trinajstić information content (AvgIpc) is 3.47. The van der Waals surface area contributed by atoms with E-state index in [2.05, 4.69) is 46.7 Å². The van der Waals surface area contributed by atoms with E-state index in [0.29, 0.717) is 59.4 Å². The first-order chi connectivity index (χ1) is 24.3. The van der Waals surface area contributed by atoms with Crippen LogP contribution < -0.4 is 10.1 Å². The number of amidine groups is 1. The third-order valence-corrected chi connectivity index (χ3v) is 9.39. The molecule has 3 N–H and O–H groups in total. The Labute approximate surface area is 294 Å². The summed E-state index contributed by atoms with van der Waals surface area (Å²) in [6, 6.07) is 37.6. The number of carboxylic acid groups (broad SMARTS) is 2. The second-order valence-corrected chi connectivity index (χ2v) is 13.1. The second kappa shape index (κ2) is 16.2. The minimum Gasteiger partial charge on any atom is -0.488 e. The first-order valence-corrected chi connectivity index (χ1v) is 17.3. The molecule has 50 heavy (non-hydrogen) atoms. The highest BCUT2D eigenvalue weighted by Crippen LogP contribution is 2.35. The molecule has 0 bridgehead atoms. The van der Waals surface area contributed by atoms with Crippen LogP contribution >= 0.6 is 11.8 Å². The number of carboxylic acids is 2. The zero-order valence-electron chi connectivity index (χ0n) is 27.2. The molecule has 8 nitrogen and oxygen atoms in total. The number of ether oxygens (including phenoxy) is 1. The fourth-order valence-corrected chi connectivity index (χ4v) is 6.64. The lowest BCUT2D eigenvalue weighted by atomic mass is 9.93. The van der Waals surface area contributed by atoms with Gasteiger partial charge < -0.3 is 20.3 Å². The molecule has 1 heterocycles. The van der Waals surface area contributed by atoms with Crippen LogP contribution in [0.2, 0.25) is 0 Å². The van der Waals surface area contributed by atoms with Gasteiger partial charge in [0.2, 0.25) is 0 Å². The molecule has 0 aliphatic carbocycles. The number of amides is 1. The molecule has 0 saturated carbocycles. The van der Waals surface area contributed by atoms with Crippen molar-refractivity contribution in [2.45, 2.75) is 44.6 Å². The minimum absolute atomic E-state index is 0.0847. The molecular weight excluding hydrogens is 649 g/mol. The quantitative estimate of drug-likeness (QED) is 0.0781. The van der Waals surface area contributed by atoms with E-state index in [4.69, 9.17) is 9.84 Å². The maximum absolute atomic E-state index is 13.0. The summed E-state index contributed by atoms with van der Waals surface area (Å²) in [6.45, 7) is 0.359. The van der Waals surface area contributed by atoms with E-state index in [0.717, 1.165) is 33.0 Å². The van der Waals surface area contributed by atoms with E-state index in [1.807, 2.05) is 60.7 Å². The maximum atomic E-state index is 13.0. The number of carbonyl (C=O) groups excluding carboxylic acids is 1. The van der Waals surface area contributed by atoms with Gasteiger partial charge in [-0.05, 0) is 88.0 Å². The van der Waals surface area contributed by atoms with Gasteiger partial charge in [0.05, 0.1) is 10.8 Å². The van der Waals surface area contributed by atoms with Crippen molar-refractivity contribution in [1.29, 1.82) is 0 Å². The number of aliphatic imine (C=N–C) groups is 1. The molecule has 1 unspecified atom stereocenters. The summed E-state index contributed by atoms with van der Waals surface area (Å²) in [5.74, 6) is -2.16. The summed E-state index contributed by atoms with van der Waals surface area (Å²) in [6.07, 6.45) is 4.13. The van der Waals surface area contributed by atoms with Crippen molar-refractivity contribution >= 4 is 57.3 Å². The largest absolute Gasteiger partial charge is 0.488 e. The molecule has 252 valence electrons. The fraction of sp³-hybridized carbons (Fsp3) is 0.171. The Morgan fingerprint density at radius 2 is 1.48 bits per heavy atom. The second-order valence-electron chi connectivity index (χ2n) is 12.1. The fourth-order valence-electron chi connectivity index (χ4n) is 5.82. The van der Waals surface area contributed by atoms with Gasteiger partial charge in [0.1, 0.15) is 12.4 Å². The summed E-state index contributed by atoms with van der Waals surface area (Å²) in [4.78, 5) is 40.4. The molecule has 1 atom stereocenters. The molecule has 5 aromatic carbocycles. The Kier molecular flexibility index (Phi) is 11.0. The predicted octanol–water partition coefficient (Wildman–Crippen LogP) is 9.37. The zero-order valence-corrected chi connectivity index (χ0v) is 28.1. The van der Waals surface area contributed by atoms with Crippen molar-refractivity contribution in [1.82, 2.24) is 0 Å². The number of nitrogens with one attached hydrogen (secondary N) is 1. The Bertz CT molecular complexity index is 2060. The van der Waals surface area contributed by atoms with Crippen molar-refractivity contribution < 1.29 is 29.3 Å². The van der Waals surface area contributed by atoms with Gasteiger partial charge >= 0.3 is 11.9 Å². The van der Waals surface area contributed by atoms with Gasteiger partial charge in [-0.1, -0.05) is 104 Å². The first kappa shape index (κ1) is 34.2. The Morgan fingerprint density at radius 3 is 2.18 bits per heavy atom. The highest BCUT2D eigenvalue weighted by molar-refractivity contribution is 8.18. The molecule has 1 aliphatic heterocycles. The number of hydrogen-bond donors (Lipinski definition) is 3. The molecule has 1 aliphatic rings. The Balaban J connectivity index is 1.12. The molecule has 0 fully saturated rings.